The third-order valence-corrected chi connectivity index (χ3v) is 2.89. The van der Waals surface area contributed by atoms with E-state index in [-0.39, 0.29) is 42.1 Å². The number of rotatable bonds is 2. The van der Waals surface area contributed by atoms with Crippen LogP contribution in [0.1, 0.15) is 32.6 Å². The number of carbonyl (C=O) groups is 1. The molecule has 0 N–H and O–H groups in total. The minimum absolute atomic E-state index is 0. The van der Waals surface area contributed by atoms with Crippen LogP contribution in [-0.4, -0.2) is 5.78 Å². The second kappa shape index (κ2) is 6.76. The van der Waals surface area contributed by atoms with E-state index in [2.05, 4.69) is 13.0 Å². The van der Waals surface area contributed by atoms with Gasteiger partial charge in [-0.25, -0.2) is 0 Å². The van der Waals surface area contributed by atoms with Crippen molar-refractivity contribution in [2.75, 3.05) is 0 Å². The summed E-state index contributed by atoms with van der Waals surface area (Å²) >= 11 is 0. The zero-order valence-corrected chi connectivity index (χ0v) is 14.7. The predicted octanol–water partition coefficient (Wildman–Crippen LogP) is 2.94. The van der Waals surface area contributed by atoms with Gasteiger partial charge in [0.05, 0.1) is 0 Å². The summed E-state index contributed by atoms with van der Waals surface area (Å²) in [5.41, 5.74) is 3.94. The maximum absolute atomic E-state index is 10.9. The minimum Gasteiger partial charge on any atom is -0.295 e. The molecule has 3 heteroatoms. The molecule has 1 nitrogen and oxygen atoms in total. The standard InChI is InChI=1S/C12H14O.2W/c1-9-5-6-10(9)3-2-4-11-7-8-12(11)13;;/h2-4H,5-8H2,1H3;;. The van der Waals surface area contributed by atoms with Crippen LogP contribution in [0.3, 0.4) is 0 Å². The first-order valence-electron chi connectivity index (χ1n) is 4.86. The normalized spacial score (nSPS) is 21.9. The molecule has 0 aliphatic heterocycles. The Morgan fingerprint density at radius 1 is 1.07 bits per heavy atom. The first kappa shape index (κ1) is 15.3. The van der Waals surface area contributed by atoms with Gasteiger partial charge in [0.1, 0.15) is 0 Å². The Kier molecular flexibility index (Phi) is 6.88. The Morgan fingerprint density at radius 3 is 2.13 bits per heavy atom. The molecule has 2 aliphatic rings. The Bertz CT molecular complexity index is 338. The molecule has 2 rings (SSSR count). The van der Waals surface area contributed by atoms with Crippen molar-refractivity contribution in [1.82, 2.24) is 0 Å². The summed E-state index contributed by atoms with van der Waals surface area (Å²) in [6.07, 6.45) is 10.3. The number of hydrogen-bond acceptors (Lipinski definition) is 1. The third-order valence-electron chi connectivity index (χ3n) is 2.89. The van der Waals surface area contributed by atoms with Crippen LogP contribution in [-0.2, 0) is 46.9 Å². The summed E-state index contributed by atoms with van der Waals surface area (Å²) in [5, 5.41) is 0. The summed E-state index contributed by atoms with van der Waals surface area (Å²) in [7, 11) is 0. The number of hydrogen-bond donors (Lipinski definition) is 0. The smallest absolute Gasteiger partial charge is 0.159 e. The summed E-state index contributed by atoms with van der Waals surface area (Å²) in [4.78, 5) is 10.9. The van der Waals surface area contributed by atoms with Gasteiger partial charge in [-0.3, -0.25) is 4.79 Å². The molecule has 0 aromatic heterocycles. The molecule has 2 aliphatic carbocycles. The molecule has 0 amide bonds. The van der Waals surface area contributed by atoms with Gasteiger partial charge in [-0.05, 0) is 37.3 Å². The van der Waals surface area contributed by atoms with Crippen LogP contribution >= 0.6 is 0 Å². The fraction of sp³-hybridized carbons (Fsp3) is 0.417. The van der Waals surface area contributed by atoms with Crippen molar-refractivity contribution in [2.24, 2.45) is 0 Å². The fourth-order valence-electron chi connectivity index (χ4n) is 1.57. The SMILES string of the molecule is CC1=C(C=CC=C2CCC2=O)CC1.[W].[W]. The van der Waals surface area contributed by atoms with Gasteiger partial charge in [0.25, 0.3) is 0 Å². The van der Waals surface area contributed by atoms with Crippen LogP contribution in [0.15, 0.2) is 34.9 Å². The van der Waals surface area contributed by atoms with E-state index >= 15 is 0 Å². The number of allylic oxidation sites excluding steroid dienone is 6. The van der Waals surface area contributed by atoms with Gasteiger partial charge in [0.15, 0.2) is 5.78 Å². The van der Waals surface area contributed by atoms with E-state index in [0.717, 1.165) is 18.4 Å². The van der Waals surface area contributed by atoms with E-state index in [1.807, 2.05) is 12.2 Å². The van der Waals surface area contributed by atoms with Crippen molar-refractivity contribution in [3.05, 3.63) is 34.9 Å². The third kappa shape index (κ3) is 3.65. The van der Waals surface area contributed by atoms with E-state index in [1.54, 1.807) is 0 Å². The molecule has 0 bridgehead atoms. The first-order chi connectivity index (χ1) is 6.27. The Hall–Kier alpha value is 0.267. The maximum Gasteiger partial charge on any atom is 0.159 e. The van der Waals surface area contributed by atoms with Crippen molar-refractivity contribution >= 4 is 5.78 Å². The Labute approximate surface area is 120 Å². The Balaban J connectivity index is 0.000000980. The van der Waals surface area contributed by atoms with Crippen molar-refractivity contribution in [3.8, 4) is 0 Å². The van der Waals surface area contributed by atoms with Gasteiger partial charge in [-0.1, -0.05) is 23.8 Å². The summed E-state index contributed by atoms with van der Waals surface area (Å²) in [6.45, 7) is 2.17. The van der Waals surface area contributed by atoms with Crippen LogP contribution in [0.2, 0.25) is 0 Å². The number of Topliss-reactive ketones (excluding diaryl/α,β-unsaturated/α-hetero) is 1. The topological polar surface area (TPSA) is 17.1 Å². The van der Waals surface area contributed by atoms with Gasteiger partial charge in [-0.2, -0.15) is 0 Å². The number of carbonyl (C=O) groups excluding carboxylic acids is 1. The molecule has 1 saturated carbocycles. The maximum atomic E-state index is 10.9. The predicted molar refractivity (Wildman–Crippen MR) is 53.4 cm³/mol. The largest absolute Gasteiger partial charge is 0.295 e. The molecule has 0 radical (unpaired) electrons. The molecule has 0 saturated heterocycles. The van der Waals surface area contributed by atoms with Crippen LogP contribution < -0.4 is 0 Å². The van der Waals surface area contributed by atoms with Gasteiger partial charge in [0.2, 0.25) is 0 Å². The van der Waals surface area contributed by atoms with Crippen molar-refractivity contribution < 1.29 is 46.9 Å². The molecule has 0 spiro atoms. The molecule has 0 heterocycles. The second-order valence-electron chi connectivity index (χ2n) is 3.78. The van der Waals surface area contributed by atoms with Gasteiger partial charge >= 0.3 is 0 Å². The zero-order valence-electron chi connectivity index (χ0n) is 8.79. The monoisotopic (exact) mass is 542 g/mol. The molecule has 0 aromatic rings. The molecular formula is C12H14OW2. The first-order valence-corrected chi connectivity index (χ1v) is 4.86. The quantitative estimate of drug-likeness (QED) is 0.492. The molecule has 0 unspecified atom stereocenters. The minimum atomic E-state index is 0. The van der Waals surface area contributed by atoms with Crippen LogP contribution in [0.5, 0.6) is 0 Å². The fourth-order valence-corrected chi connectivity index (χ4v) is 1.57. The molecule has 1 fully saturated rings. The average molecular weight is 542 g/mol. The van der Waals surface area contributed by atoms with E-state index in [9.17, 15) is 4.79 Å². The van der Waals surface area contributed by atoms with Crippen LogP contribution in [0.25, 0.3) is 0 Å². The molecule has 0 aromatic carbocycles. The van der Waals surface area contributed by atoms with Crippen molar-refractivity contribution in [2.45, 2.75) is 32.6 Å². The molecular weight excluding hydrogens is 528 g/mol. The van der Waals surface area contributed by atoms with Crippen LogP contribution in [0.4, 0.5) is 0 Å². The van der Waals surface area contributed by atoms with E-state index < -0.39 is 0 Å². The van der Waals surface area contributed by atoms with E-state index in [4.69, 9.17) is 0 Å². The van der Waals surface area contributed by atoms with Gasteiger partial charge in [0, 0.05) is 48.6 Å². The van der Waals surface area contributed by atoms with E-state index in [0.29, 0.717) is 5.78 Å². The van der Waals surface area contributed by atoms with E-state index in [1.165, 1.54) is 24.0 Å². The Morgan fingerprint density at radius 2 is 1.80 bits per heavy atom. The van der Waals surface area contributed by atoms with Gasteiger partial charge < -0.3 is 0 Å². The zero-order chi connectivity index (χ0) is 9.26. The van der Waals surface area contributed by atoms with Gasteiger partial charge in [-0.15, -0.1) is 0 Å². The summed E-state index contributed by atoms with van der Waals surface area (Å²) < 4.78 is 0. The van der Waals surface area contributed by atoms with Crippen LogP contribution in [0, 0.1) is 0 Å². The average Bonchev–Trinajstić information content (AvgIpc) is 2.12. The molecule has 0 atom stereocenters. The summed E-state index contributed by atoms with van der Waals surface area (Å²) in [6, 6.07) is 0. The van der Waals surface area contributed by atoms with Crippen molar-refractivity contribution in [3.63, 3.8) is 0 Å². The summed E-state index contributed by atoms with van der Waals surface area (Å²) in [5.74, 6) is 0.323. The second-order valence-corrected chi connectivity index (χ2v) is 3.78. The molecule has 15 heavy (non-hydrogen) atoms. The molecule has 80 valence electrons. The van der Waals surface area contributed by atoms with Crippen molar-refractivity contribution in [1.29, 1.82) is 0 Å². The number of ketones is 1.